The van der Waals surface area contributed by atoms with Crippen molar-refractivity contribution in [2.75, 3.05) is 18.9 Å². The SMILES string of the molecule is Nc1ccc(OC2CCOCC2)cc1. The molecular weight excluding hydrogens is 178 g/mol. The molecule has 0 spiro atoms. The maximum atomic E-state index is 5.77. The van der Waals surface area contributed by atoms with Crippen LogP contribution in [0.25, 0.3) is 0 Å². The normalized spacial score (nSPS) is 18.0. The third kappa shape index (κ3) is 2.39. The van der Waals surface area contributed by atoms with E-state index in [-0.39, 0.29) is 0 Å². The van der Waals surface area contributed by atoms with Crippen LogP contribution in [-0.4, -0.2) is 19.3 Å². The first-order valence-electron chi connectivity index (χ1n) is 4.94. The van der Waals surface area contributed by atoms with Crippen LogP contribution in [0.4, 0.5) is 5.69 Å². The van der Waals surface area contributed by atoms with Gasteiger partial charge in [-0.25, -0.2) is 0 Å². The van der Waals surface area contributed by atoms with Crippen molar-refractivity contribution in [3.8, 4) is 5.75 Å². The fraction of sp³-hybridized carbons (Fsp3) is 0.455. The summed E-state index contributed by atoms with van der Waals surface area (Å²) in [6, 6.07) is 7.53. The fourth-order valence-electron chi connectivity index (χ4n) is 1.53. The quantitative estimate of drug-likeness (QED) is 0.729. The van der Waals surface area contributed by atoms with Crippen molar-refractivity contribution >= 4 is 5.69 Å². The summed E-state index contributed by atoms with van der Waals surface area (Å²) >= 11 is 0. The predicted octanol–water partition coefficient (Wildman–Crippen LogP) is 1.83. The second-order valence-corrected chi connectivity index (χ2v) is 3.50. The molecule has 1 aliphatic heterocycles. The van der Waals surface area contributed by atoms with Gasteiger partial charge in [-0.3, -0.25) is 0 Å². The molecule has 0 aliphatic carbocycles. The topological polar surface area (TPSA) is 44.5 Å². The zero-order valence-electron chi connectivity index (χ0n) is 8.11. The maximum Gasteiger partial charge on any atom is 0.119 e. The monoisotopic (exact) mass is 193 g/mol. The van der Waals surface area contributed by atoms with Crippen molar-refractivity contribution in [2.45, 2.75) is 18.9 Å². The standard InChI is InChI=1S/C11H15NO2/c12-9-1-3-10(4-2-9)14-11-5-7-13-8-6-11/h1-4,11H,5-8,12H2. The average molecular weight is 193 g/mol. The molecule has 0 amide bonds. The molecule has 1 heterocycles. The first-order valence-corrected chi connectivity index (χ1v) is 4.94. The van der Waals surface area contributed by atoms with Gasteiger partial charge in [0.2, 0.25) is 0 Å². The fourth-order valence-corrected chi connectivity index (χ4v) is 1.53. The Kier molecular flexibility index (Phi) is 2.89. The Morgan fingerprint density at radius 1 is 1.14 bits per heavy atom. The summed E-state index contributed by atoms with van der Waals surface area (Å²) in [4.78, 5) is 0. The molecule has 14 heavy (non-hydrogen) atoms. The highest BCUT2D eigenvalue weighted by Crippen LogP contribution is 2.18. The number of benzene rings is 1. The molecule has 1 saturated heterocycles. The molecule has 2 N–H and O–H groups in total. The number of ether oxygens (including phenoxy) is 2. The summed E-state index contributed by atoms with van der Waals surface area (Å²) in [5.74, 6) is 0.895. The molecule has 1 fully saturated rings. The second-order valence-electron chi connectivity index (χ2n) is 3.50. The summed E-state index contributed by atoms with van der Waals surface area (Å²) in [6.45, 7) is 1.61. The number of anilines is 1. The van der Waals surface area contributed by atoms with Gasteiger partial charge in [0.25, 0.3) is 0 Å². The van der Waals surface area contributed by atoms with Gasteiger partial charge >= 0.3 is 0 Å². The van der Waals surface area contributed by atoms with E-state index in [4.69, 9.17) is 15.2 Å². The second kappa shape index (κ2) is 4.33. The van der Waals surface area contributed by atoms with Crippen molar-refractivity contribution in [3.63, 3.8) is 0 Å². The summed E-state index contributed by atoms with van der Waals surface area (Å²) < 4.78 is 11.0. The van der Waals surface area contributed by atoms with Crippen LogP contribution in [0.5, 0.6) is 5.75 Å². The Morgan fingerprint density at radius 2 is 1.79 bits per heavy atom. The molecule has 76 valence electrons. The van der Waals surface area contributed by atoms with E-state index < -0.39 is 0 Å². The van der Waals surface area contributed by atoms with Gasteiger partial charge in [-0.15, -0.1) is 0 Å². The summed E-state index contributed by atoms with van der Waals surface area (Å²) in [7, 11) is 0. The summed E-state index contributed by atoms with van der Waals surface area (Å²) in [5, 5.41) is 0. The van der Waals surface area contributed by atoms with Gasteiger partial charge in [0.1, 0.15) is 11.9 Å². The van der Waals surface area contributed by atoms with Gasteiger partial charge in [0.15, 0.2) is 0 Å². The van der Waals surface area contributed by atoms with E-state index in [1.807, 2.05) is 24.3 Å². The zero-order valence-corrected chi connectivity index (χ0v) is 8.11. The lowest BCUT2D eigenvalue weighted by atomic mass is 10.1. The molecule has 0 aromatic heterocycles. The minimum atomic E-state index is 0.298. The molecule has 0 bridgehead atoms. The first kappa shape index (κ1) is 9.34. The highest BCUT2D eigenvalue weighted by molar-refractivity contribution is 5.41. The Hall–Kier alpha value is -1.22. The van der Waals surface area contributed by atoms with Crippen molar-refractivity contribution in [3.05, 3.63) is 24.3 Å². The van der Waals surface area contributed by atoms with Crippen LogP contribution < -0.4 is 10.5 Å². The van der Waals surface area contributed by atoms with Crippen LogP contribution in [0.3, 0.4) is 0 Å². The van der Waals surface area contributed by atoms with Crippen LogP contribution in [0.15, 0.2) is 24.3 Å². The van der Waals surface area contributed by atoms with E-state index in [2.05, 4.69) is 0 Å². The van der Waals surface area contributed by atoms with Crippen molar-refractivity contribution < 1.29 is 9.47 Å². The van der Waals surface area contributed by atoms with Gasteiger partial charge in [-0.05, 0) is 24.3 Å². The maximum absolute atomic E-state index is 5.77. The molecule has 2 rings (SSSR count). The molecule has 0 radical (unpaired) electrons. The van der Waals surface area contributed by atoms with Crippen molar-refractivity contribution in [1.29, 1.82) is 0 Å². The molecule has 0 atom stereocenters. The largest absolute Gasteiger partial charge is 0.490 e. The third-order valence-corrected chi connectivity index (χ3v) is 2.35. The molecule has 0 saturated carbocycles. The molecular formula is C11H15NO2. The number of nitrogens with two attached hydrogens (primary N) is 1. The van der Waals surface area contributed by atoms with Crippen LogP contribution >= 0.6 is 0 Å². The van der Waals surface area contributed by atoms with E-state index in [0.717, 1.165) is 37.5 Å². The van der Waals surface area contributed by atoms with Gasteiger partial charge in [-0.1, -0.05) is 0 Å². The molecule has 1 aromatic rings. The Morgan fingerprint density at radius 3 is 2.43 bits per heavy atom. The lowest BCUT2D eigenvalue weighted by Gasteiger charge is -2.23. The number of rotatable bonds is 2. The molecule has 3 heteroatoms. The van der Waals surface area contributed by atoms with Crippen LogP contribution in [0.2, 0.25) is 0 Å². The minimum absolute atomic E-state index is 0.298. The van der Waals surface area contributed by atoms with E-state index in [1.54, 1.807) is 0 Å². The zero-order chi connectivity index (χ0) is 9.80. The van der Waals surface area contributed by atoms with Crippen molar-refractivity contribution in [1.82, 2.24) is 0 Å². The van der Waals surface area contributed by atoms with Gasteiger partial charge < -0.3 is 15.2 Å². The molecule has 3 nitrogen and oxygen atoms in total. The van der Waals surface area contributed by atoms with Gasteiger partial charge in [0.05, 0.1) is 13.2 Å². The van der Waals surface area contributed by atoms with Gasteiger partial charge in [0, 0.05) is 18.5 Å². The minimum Gasteiger partial charge on any atom is -0.490 e. The summed E-state index contributed by atoms with van der Waals surface area (Å²) in [6.07, 6.45) is 2.25. The van der Waals surface area contributed by atoms with Crippen molar-refractivity contribution in [2.24, 2.45) is 0 Å². The number of hydrogen-bond acceptors (Lipinski definition) is 3. The predicted molar refractivity (Wildman–Crippen MR) is 55.3 cm³/mol. The molecule has 1 aliphatic rings. The van der Waals surface area contributed by atoms with E-state index in [1.165, 1.54) is 0 Å². The molecule has 0 unspecified atom stereocenters. The highest BCUT2D eigenvalue weighted by atomic mass is 16.5. The number of nitrogen functional groups attached to an aromatic ring is 1. The van der Waals surface area contributed by atoms with Crippen LogP contribution in [0.1, 0.15) is 12.8 Å². The van der Waals surface area contributed by atoms with E-state index >= 15 is 0 Å². The Bertz CT molecular complexity index is 278. The number of hydrogen-bond donors (Lipinski definition) is 1. The average Bonchev–Trinajstić information content (AvgIpc) is 2.23. The Labute approximate surface area is 83.8 Å². The lowest BCUT2D eigenvalue weighted by molar-refractivity contribution is 0.0256. The smallest absolute Gasteiger partial charge is 0.119 e. The summed E-state index contributed by atoms with van der Waals surface area (Å²) in [5.41, 5.74) is 6.35. The molecule has 1 aromatic carbocycles. The highest BCUT2D eigenvalue weighted by Gasteiger charge is 2.14. The first-order chi connectivity index (χ1) is 6.84. The van der Waals surface area contributed by atoms with E-state index in [9.17, 15) is 0 Å². The third-order valence-electron chi connectivity index (χ3n) is 2.35. The lowest BCUT2D eigenvalue weighted by Crippen LogP contribution is -2.25. The van der Waals surface area contributed by atoms with Gasteiger partial charge in [-0.2, -0.15) is 0 Å². The van der Waals surface area contributed by atoms with Crippen LogP contribution in [0, 0.1) is 0 Å². The van der Waals surface area contributed by atoms with Crippen LogP contribution in [-0.2, 0) is 4.74 Å². The Balaban J connectivity index is 1.92. The van der Waals surface area contributed by atoms with E-state index in [0.29, 0.717) is 6.10 Å².